The van der Waals surface area contributed by atoms with Gasteiger partial charge in [0.1, 0.15) is 0 Å². The second-order valence-corrected chi connectivity index (χ2v) is 5.21. The Kier molecular flexibility index (Phi) is 3.66. The van der Waals surface area contributed by atoms with Crippen molar-refractivity contribution in [3.05, 3.63) is 28.2 Å². The zero-order valence-corrected chi connectivity index (χ0v) is 10.7. The van der Waals surface area contributed by atoms with E-state index in [9.17, 15) is 13.2 Å². The average molecular weight is 308 g/mol. The molecule has 0 aliphatic heterocycles. The Morgan fingerprint density at radius 3 is 2.59 bits per heavy atom. The van der Waals surface area contributed by atoms with Crippen LogP contribution < -0.4 is 5.32 Å². The average Bonchev–Trinajstić information content (AvgIpc) is 3.03. The number of rotatable bonds is 4. The SMILES string of the molecule is FC(F)(F)c1cc(NCCC2CC2)ccc1Br. The Labute approximate surface area is 107 Å². The van der Waals surface area contributed by atoms with Crippen LogP contribution in [0.4, 0.5) is 18.9 Å². The minimum Gasteiger partial charge on any atom is -0.385 e. The number of anilines is 1. The van der Waals surface area contributed by atoms with Crippen molar-refractivity contribution >= 4 is 21.6 Å². The third-order valence-corrected chi connectivity index (χ3v) is 3.54. The third kappa shape index (κ3) is 3.63. The van der Waals surface area contributed by atoms with E-state index in [1.54, 1.807) is 6.07 Å². The summed E-state index contributed by atoms with van der Waals surface area (Å²) in [5.74, 6) is 0.778. The van der Waals surface area contributed by atoms with Crippen LogP contribution in [0.3, 0.4) is 0 Å². The normalized spacial score (nSPS) is 16.0. The van der Waals surface area contributed by atoms with E-state index in [-0.39, 0.29) is 4.47 Å². The number of nitrogens with one attached hydrogen (secondary N) is 1. The van der Waals surface area contributed by atoms with Crippen molar-refractivity contribution in [2.24, 2.45) is 5.92 Å². The molecule has 0 bridgehead atoms. The van der Waals surface area contributed by atoms with Crippen molar-refractivity contribution in [2.45, 2.75) is 25.4 Å². The van der Waals surface area contributed by atoms with E-state index in [0.717, 1.165) is 24.9 Å². The largest absolute Gasteiger partial charge is 0.417 e. The van der Waals surface area contributed by atoms with Gasteiger partial charge in [-0.25, -0.2) is 0 Å². The Hall–Kier alpha value is -0.710. The highest BCUT2D eigenvalue weighted by atomic mass is 79.9. The van der Waals surface area contributed by atoms with Crippen LogP contribution >= 0.6 is 15.9 Å². The molecule has 1 fully saturated rings. The van der Waals surface area contributed by atoms with Crippen molar-refractivity contribution in [2.75, 3.05) is 11.9 Å². The predicted octanol–water partition coefficient (Wildman–Crippen LogP) is 4.68. The van der Waals surface area contributed by atoms with Gasteiger partial charge < -0.3 is 5.32 Å². The molecule has 0 heterocycles. The number of hydrogen-bond donors (Lipinski definition) is 1. The van der Waals surface area contributed by atoms with Crippen molar-refractivity contribution in [3.8, 4) is 0 Å². The highest BCUT2D eigenvalue weighted by Crippen LogP contribution is 2.36. The van der Waals surface area contributed by atoms with Crippen LogP contribution in [-0.4, -0.2) is 6.54 Å². The van der Waals surface area contributed by atoms with E-state index in [4.69, 9.17) is 0 Å². The fourth-order valence-corrected chi connectivity index (χ4v) is 2.15. The lowest BCUT2D eigenvalue weighted by molar-refractivity contribution is -0.138. The summed E-state index contributed by atoms with van der Waals surface area (Å²) in [4.78, 5) is 0. The van der Waals surface area contributed by atoms with Gasteiger partial charge in [0, 0.05) is 16.7 Å². The highest BCUT2D eigenvalue weighted by Gasteiger charge is 2.33. The first kappa shape index (κ1) is 12.7. The van der Waals surface area contributed by atoms with Crippen LogP contribution in [0.5, 0.6) is 0 Å². The first-order valence-corrected chi connectivity index (χ1v) is 6.37. The second-order valence-electron chi connectivity index (χ2n) is 4.35. The summed E-state index contributed by atoms with van der Waals surface area (Å²) in [5, 5.41) is 3.03. The van der Waals surface area contributed by atoms with E-state index >= 15 is 0 Å². The molecule has 1 aliphatic carbocycles. The number of halogens is 4. The molecule has 0 radical (unpaired) electrons. The molecule has 1 N–H and O–H groups in total. The lowest BCUT2D eigenvalue weighted by atomic mass is 10.2. The molecule has 0 amide bonds. The van der Waals surface area contributed by atoms with Gasteiger partial charge in [0.2, 0.25) is 0 Å². The zero-order chi connectivity index (χ0) is 12.5. The molecule has 0 atom stereocenters. The maximum Gasteiger partial charge on any atom is 0.417 e. The molecule has 0 aromatic heterocycles. The molecule has 0 saturated heterocycles. The first-order chi connectivity index (χ1) is 7.97. The fraction of sp³-hybridized carbons (Fsp3) is 0.500. The van der Waals surface area contributed by atoms with Gasteiger partial charge in [0.25, 0.3) is 0 Å². The number of alkyl halides is 3. The molecule has 94 valence electrons. The summed E-state index contributed by atoms with van der Waals surface area (Å²) in [7, 11) is 0. The minimum absolute atomic E-state index is 0.0812. The van der Waals surface area contributed by atoms with E-state index in [1.807, 2.05) is 0 Å². The van der Waals surface area contributed by atoms with Crippen molar-refractivity contribution in [1.29, 1.82) is 0 Å². The van der Waals surface area contributed by atoms with E-state index < -0.39 is 11.7 Å². The van der Waals surface area contributed by atoms with Crippen LogP contribution in [0.25, 0.3) is 0 Å². The van der Waals surface area contributed by atoms with Gasteiger partial charge in [0.05, 0.1) is 5.56 Å². The molecular weight excluding hydrogens is 295 g/mol. The molecular formula is C12H13BrF3N. The molecule has 1 nitrogen and oxygen atoms in total. The van der Waals surface area contributed by atoms with Crippen LogP contribution in [0.15, 0.2) is 22.7 Å². The minimum atomic E-state index is -4.31. The highest BCUT2D eigenvalue weighted by molar-refractivity contribution is 9.10. The van der Waals surface area contributed by atoms with Gasteiger partial charge >= 0.3 is 6.18 Å². The van der Waals surface area contributed by atoms with E-state index in [0.29, 0.717) is 5.69 Å². The molecule has 1 aliphatic rings. The molecule has 1 saturated carbocycles. The van der Waals surface area contributed by atoms with E-state index in [1.165, 1.54) is 18.9 Å². The molecule has 0 spiro atoms. The van der Waals surface area contributed by atoms with Crippen molar-refractivity contribution < 1.29 is 13.2 Å². The second kappa shape index (κ2) is 4.88. The number of hydrogen-bond acceptors (Lipinski definition) is 1. The van der Waals surface area contributed by atoms with Gasteiger partial charge in [0.15, 0.2) is 0 Å². The third-order valence-electron chi connectivity index (χ3n) is 2.85. The van der Waals surface area contributed by atoms with Gasteiger partial charge in [-0.05, 0) is 30.5 Å². The topological polar surface area (TPSA) is 12.0 Å². The maximum atomic E-state index is 12.6. The van der Waals surface area contributed by atoms with Crippen LogP contribution in [0, 0.1) is 5.92 Å². The van der Waals surface area contributed by atoms with Gasteiger partial charge in [-0.1, -0.05) is 28.8 Å². The van der Waals surface area contributed by atoms with Crippen molar-refractivity contribution in [1.82, 2.24) is 0 Å². The summed E-state index contributed by atoms with van der Waals surface area (Å²) in [6, 6.07) is 4.24. The van der Waals surface area contributed by atoms with Gasteiger partial charge in [-0.15, -0.1) is 0 Å². The van der Waals surface area contributed by atoms with Crippen LogP contribution in [0.2, 0.25) is 0 Å². The maximum absolute atomic E-state index is 12.6. The molecule has 5 heteroatoms. The fourth-order valence-electron chi connectivity index (χ4n) is 1.68. The van der Waals surface area contributed by atoms with Crippen LogP contribution in [-0.2, 0) is 6.18 Å². The quantitative estimate of drug-likeness (QED) is 0.851. The lowest BCUT2D eigenvalue weighted by Crippen LogP contribution is -2.08. The monoisotopic (exact) mass is 307 g/mol. The summed E-state index contributed by atoms with van der Waals surface area (Å²) in [6.07, 6.45) is -0.754. The Bertz CT molecular complexity index is 399. The predicted molar refractivity (Wildman–Crippen MR) is 65.0 cm³/mol. The summed E-state index contributed by atoms with van der Waals surface area (Å²) >= 11 is 2.92. The molecule has 1 aromatic carbocycles. The standard InChI is InChI=1S/C12H13BrF3N/c13-11-4-3-9(7-10(11)12(14,15)16)17-6-5-8-1-2-8/h3-4,7-8,17H,1-2,5-6H2. The Balaban J connectivity index is 2.01. The van der Waals surface area contributed by atoms with Gasteiger partial charge in [-0.2, -0.15) is 13.2 Å². The molecule has 0 unspecified atom stereocenters. The molecule has 17 heavy (non-hydrogen) atoms. The lowest BCUT2D eigenvalue weighted by Gasteiger charge is -2.12. The molecule has 2 rings (SSSR count). The zero-order valence-electron chi connectivity index (χ0n) is 9.15. The van der Waals surface area contributed by atoms with Crippen LogP contribution in [0.1, 0.15) is 24.8 Å². The first-order valence-electron chi connectivity index (χ1n) is 5.57. The van der Waals surface area contributed by atoms with Gasteiger partial charge in [-0.3, -0.25) is 0 Å². The Morgan fingerprint density at radius 1 is 1.29 bits per heavy atom. The van der Waals surface area contributed by atoms with E-state index in [2.05, 4.69) is 21.2 Å². The van der Waals surface area contributed by atoms with Crippen molar-refractivity contribution in [3.63, 3.8) is 0 Å². The Morgan fingerprint density at radius 2 is 2.00 bits per heavy atom. The smallest absolute Gasteiger partial charge is 0.385 e. The molecule has 1 aromatic rings. The summed E-state index contributed by atoms with van der Waals surface area (Å²) in [5.41, 5.74) is -0.102. The summed E-state index contributed by atoms with van der Waals surface area (Å²) in [6.45, 7) is 0.740. The number of benzene rings is 1. The summed E-state index contributed by atoms with van der Waals surface area (Å²) < 4.78 is 38.0.